The Bertz CT molecular complexity index is 1100. The van der Waals surface area contributed by atoms with Crippen molar-refractivity contribution < 1.29 is 13.2 Å². The number of piperazine rings is 1. The van der Waals surface area contributed by atoms with Crippen LogP contribution >= 0.6 is 0 Å². The molecule has 0 saturated carbocycles. The van der Waals surface area contributed by atoms with Crippen LogP contribution in [0.5, 0.6) is 0 Å². The third kappa shape index (κ3) is 4.66. The first-order valence-electron chi connectivity index (χ1n) is 10.8. The van der Waals surface area contributed by atoms with E-state index in [9.17, 15) is 13.2 Å². The highest BCUT2D eigenvalue weighted by atomic mass is 19.4. The molecule has 1 aliphatic heterocycles. The lowest BCUT2D eigenvalue weighted by atomic mass is 10.0. The number of rotatable bonds is 5. The Hall–Kier alpha value is -2.84. The van der Waals surface area contributed by atoms with Gasteiger partial charge in [0, 0.05) is 61.1 Å². The van der Waals surface area contributed by atoms with Crippen molar-refractivity contribution in [1.82, 2.24) is 14.8 Å². The summed E-state index contributed by atoms with van der Waals surface area (Å²) < 4.78 is 41.7. The second-order valence-electron chi connectivity index (χ2n) is 8.26. The SMILES string of the molecule is CCN1CCN(Cc2ccc(Nc3nccc4c(N)c(C)ccc34)cc2C(F)(F)F)CC1. The standard InChI is InChI=1S/C24H28F3N5/c1-3-31-10-12-32(13-11-31)15-17-5-6-18(14-21(17)24(25,26)27)30-23-20-7-4-16(2)22(28)19(20)8-9-29-23/h4-9,14H,3,10-13,15,28H2,1-2H3,(H,29,30). The maximum atomic E-state index is 13.9. The van der Waals surface area contributed by atoms with Gasteiger partial charge in [-0.25, -0.2) is 4.98 Å². The molecule has 0 amide bonds. The number of fused-ring (bicyclic) bond motifs is 1. The van der Waals surface area contributed by atoms with Crippen LogP contribution < -0.4 is 11.1 Å². The second kappa shape index (κ2) is 8.96. The molecule has 0 atom stereocenters. The molecule has 8 heteroatoms. The van der Waals surface area contributed by atoms with E-state index in [1.807, 2.05) is 25.1 Å². The first kappa shape index (κ1) is 22.4. The van der Waals surface area contributed by atoms with E-state index in [1.165, 1.54) is 6.07 Å². The van der Waals surface area contributed by atoms with Crippen molar-refractivity contribution in [3.05, 3.63) is 59.3 Å². The molecule has 1 fully saturated rings. The van der Waals surface area contributed by atoms with Crippen molar-refractivity contribution in [3.63, 3.8) is 0 Å². The van der Waals surface area contributed by atoms with Crippen LogP contribution in [0.1, 0.15) is 23.6 Å². The van der Waals surface area contributed by atoms with Gasteiger partial charge in [0.15, 0.2) is 0 Å². The van der Waals surface area contributed by atoms with Crippen molar-refractivity contribution in [3.8, 4) is 0 Å². The molecule has 0 spiro atoms. The van der Waals surface area contributed by atoms with E-state index in [-0.39, 0.29) is 6.54 Å². The zero-order valence-corrected chi connectivity index (χ0v) is 18.3. The predicted octanol–water partition coefficient (Wildman–Crippen LogP) is 5.03. The fraction of sp³-hybridized carbons (Fsp3) is 0.375. The van der Waals surface area contributed by atoms with E-state index in [0.717, 1.165) is 49.1 Å². The Labute approximate surface area is 186 Å². The summed E-state index contributed by atoms with van der Waals surface area (Å²) in [4.78, 5) is 8.72. The number of halogens is 3. The minimum absolute atomic E-state index is 0.287. The highest BCUT2D eigenvalue weighted by Gasteiger charge is 2.34. The van der Waals surface area contributed by atoms with Crippen LogP contribution in [0.2, 0.25) is 0 Å². The number of aryl methyl sites for hydroxylation is 1. The maximum Gasteiger partial charge on any atom is 0.416 e. The molecule has 3 N–H and O–H groups in total. The number of hydrogen-bond acceptors (Lipinski definition) is 5. The lowest BCUT2D eigenvalue weighted by Gasteiger charge is -2.34. The van der Waals surface area contributed by atoms with Crippen LogP contribution in [0.3, 0.4) is 0 Å². The molecule has 1 saturated heterocycles. The van der Waals surface area contributed by atoms with Gasteiger partial charge in [-0.1, -0.05) is 25.1 Å². The summed E-state index contributed by atoms with van der Waals surface area (Å²) in [6.07, 6.45) is -2.83. The second-order valence-corrected chi connectivity index (χ2v) is 8.26. The average Bonchev–Trinajstić information content (AvgIpc) is 2.77. The number of benzene rings is 2. The van der Waals surface area contributed by atoms with Gasteiger partial charge < -0.3 is 16.0 Å². The van der Waals surface area contributed by atoms with Crippen LogP contribution in [0.25, 0.3) is 10.8 Å². The Morgan fingerprint density at radius 3 is 2.41 bits per heavy atom. The molecule has 0 aliphatic carbocycles. The number of nitrogen functional groups attached to an aromatic ring is 1. The van der Waals surface area contributed by atoms with E-state index in [2.05, 4.69) is 27.0 Å². The van der Waals surface area contributed by atoms with Gasteiger partial charge in [0.2, 0.25) is 0 Å². The molecule has 0 unspecified atom stereocenters. The number of pyridine rings is 1. The van der Waals surface area contributed by atoms with Gasteiger partial charge in [-0.15, -0.1) is 0 Å². The molecular formula is C24H28F3N5. The number of nitrogens with zero attached hydrogens (tertiary/aromatic N) is 3. The highest BCUT2D eigenvalue weighted by Crippen LogP contribution is 2.36. The lowest BCUT2D eigenvalue weighted by Crippen LogP contribution is -2.45. The summed E-state index contributed by atoms with van der Waals surface area (Å²) in [5, 5.41) is 4.65. The molecule has 1 aromatic heterocycles. The van der Waals surface area contributed by atoms with Gasteiger partial charge >= 0.3 is 6.18 Å². The zero-order chi connectivity index (χ0) is 22.9. The zero-order valence-electron chi connectivity index (χ0n) is 18.3. The molecule has 32 heavy (non-hydrogen) atoms. The first-order chi connectivity index (χ1) is 15.3. The molecule has 2 aromatic carbocycles. The van der Waals surface area contributed by atoms with Gasteiger partial charge in [-0.05, 0) is 42.8 Å². The van der Waals surface area contributed by atoms with Crippen molar-refractivity contribution in [2.75, 3.05) is 43.8 Å². The van der Waals surface area contributed by atoms with E-state index in [0.29, 0.717) is 22.8 Å². The van der Waals surface area contributed by atoms with E-state index >= 15 is 0 Å². The lowest BCUT2D eigenvalue weighted by molar-refractivity contribution is -0.138. The van der Waals surface area contributed by atoms with Crippen molar-refractivity contribution in [2.45, 2.75) is 26.6 Å². The highest BCUT2D eigenvalue weighted by molar-refractivity contribution is 6.01. The minimum atomic E-state index is -4.44. The molecule has 1 aliphatic rings. The van der Waals surface area contributed by atoms with Gasteiger partial charge in [-0.2, -0.15) is 13.2 Å². The summed E-state index contributed by atoms with van der Waals surface area (Å²) in [6, 6.07) is 10.0. The van der Waals surface area contributed by atoms with Crippen molar-refractivity contribution >= 4 is 28.0 Å². The van der Waals surface area contributed by atoms with E-state index in [4.69, 9.17) is 5.73 Å². The Kier molecular flexibility index (Phi) is 6.26. The van der Waals surface area contributed by atoms with Gasteiger partial charge in [0.25, 0.3) is 0 Å². The van der Waals surface area contributed by atoms with Crippen molar-refractivity contribution in [2.24, 2.45) is 0 Å². The number of nitrogens with two attached hydrogens (primary N) is 1. The molecule has 0 radical (unpaired) electrons. The average molecular weight is 444 g/mol. The Morgan fingerprint density at radius 1 is 1.00 bits per heavy atom. The molecular weight excluding hydrogens is 415 g/mol. The molecule has 5 nitrogen and oxygen atoms in total. The number of nitrogens with one attached hydrogen (secondary N) is 1. The fourth-order valence-corrected chi connectivity index (χ4v) is 4.18. The molecule has 2 heterocycles. The Balaban J connectivity index is 1.61. The predicted molar refractivity (Wildman–Crippen MR) is 123 cm³/mol. The van der Waals surface area contributed by atoms with E-state index < -0.39 is 11.7 Å². The number of hydrogen-bond donors (Lipinski definition) is 2. The van der Waals surface area contributed by atoms with Gasteiger partial charge in [0.1, 0.15) is 5.82 Å². The quantitative estimate of drug-likeness (QED) is 0.542. The summed E-state index contributed by atoms with van der Waals surface area (Å²) >= 11 is 0. The van der Waals surface area contributed by atoms with Crippen LogP contribution in [0, 0.1) is 6.92 Å². The van der Waals surface area contributed by atoms with Crippen molar-refractivity contribution in [1.29, 1.82) is 0 Å². The molecule has 170 valence electrons. The third-order valence-electron chi connectivity index (χ3n) is 6.19. The van der Waals surface area contributed by atoms with Crippen LogP contribution in [-0.4, -0.2) is 47.5 Å². The minimum Gasteiger partial charge on any atom is -0.398 e. The van der Waals surface area contributed by atoms with Crippen LogP contribution in [-0.2, 0) is 12.7 Å². The normalized spacial score (nSPS) is 15.9. The largest absolute Gasteiger partial charge is 0.416 e. The monoisotopic (exact) mass is 443 g/mol. The van der Waals surface area contributed by atoms with Gasteiger partial charge in [0.05, 0.1) is 5.56 Å². The number of anilines is 3. The molecule has 4 rings (SSSR count). The molecule has 0 bridgehead atoms. The summed E-state index contributed by atoms with van der Waals surface area (Å²) in [7, 11) is 0. The number of likely N-dealkylation sites (N-methyl/N-ethyl adjacent to an activating group) is 1. The first-order valence-corrected chi connectivity index (χ1v) is 10.8. The summed E-state index contributed by atoms with van der Waals surface area (Å²) in [5.74, 6) is 0.478. The van der Waals surface area contributed by atoms with Crippen LogP contribution in [0.4, 0.5) is 30.4 Å². The topological polar surface area (TPSA) is 57.4 Å². The fourth-order valence-electron chi connectivity index (χ4n) is 4.18. The number of aromatic nitrogens is 1. The third-order valence-corrected chi connectivity index (χ3v) is 6.19. The van der Waals surface area contributed by atoms with Crippen LogP contribution in [0.15, 0.2) is 42.6 Å². The number of alkyl halides is 3. The molecule has 3 aromatic rings. The summed E-state index contributed by atoms with van der Waals surface area (Å²) in [6.45, 7) is 8.57. The van der Waals surface area contributed by atoms with E-state index in [1.54, 1.807) is 18.3 Å². The maximum absolute atomic E-state index is 13.9. The smallest absolute Gasteiger partial charge is 0.398 e. The summed E-state index contributed by atoms with van der Waals surface area (Å²) in [5.41, 5.74) is 7.78. The van der Waals surface area contributed by atoms with Gasteiger partial charge in [-0.3, -0.25) is 4.90 Å². The Morgan fingerprint density at radius 2 is 1.72 bits per heavy atom.